The monoisotopic (exact) mass is 390 g/mol. The van der Waals surface area contributed by atoms with Crippen LogP contribution in [0.4, 0.5) is 0 Å². The number of hydrogen-bond acceptors (Lipinski definition) is 2. The van der Waals surface area contributed by atoms with Crippen molar-refractivity contribution in [2.75, 3.05) is 0 Å². The molecule has 2 saturated carbocycles. The molecular weight excluding hydrogens is 344 g/mol. The summed E-state index contributed by atoms with van der Waals surface area (Å²) >= 11 is 0. The molecule has 0 aromatic rings. The molecule has 2 aliphatic rings. The molecule has 0 heterocycles. The van der Waals surface area contributed by atoms with Crippen LogP contribution in [0, 0.1) is 28.6 Å². The lowest BCUT2D eigenvalue weighted by atomic mass is 9.81. The third-order valence-corrected chi connectivity index (χ3v) is 8.31. The lowest BCUT2D eigenvalue weighted by Gasteiger charge is -2.23. The summed E-state index contributed by atoms with van der Waals surface area (Å²) in [6.07, 6.45) is 17.8. The number of unbranched alkanes of at least 4 members (excludes halogenated alkanes) is 2. The number of carbonyl (C=O) groups excluding carboxylic acids is 2. The van der Waals surface area contributed by atoms with Gasteiger partial charge >= 0.3 is 0 Å². The lowest BCUT2D eigenvalue weighted by Crippen LogP contribution is -2.16. The van der Waals surface area contributed by atoms with Crippen molar-refractivity contribution in [1.82, 2.24) is 0 Å². The van der Waals surface area contributed by atoms with E-state index in [1.807, 2.05) is 0 Å². The fourth-order valence-corrected chi connectivity index (χ4v) is 5.68. The first-order valence-electron chi connectivity index (χ1n) is 12.2. The van der Waals surface area contributed by atoms with Gasteiger partial charge < -0.3 is 9.59 Å². The van der Waals surface area contributed by atoms with E-state index >= 15 is 0 Å². The van der Waals surface area contributed by atoms with Gasteiger partial charge in [0.1, 0.15) is 11.6 Å². The van der Waals surface area contributed by atoms with Crippen molar-refractivity contribution in [1.29, 1.82) is 0 Å². The van der Waals surface area contributed by atoms with E-state index in [1.165, 1.54) is 77.0 Å². The van der Waals surface area contributed by atoms with Gasteiger partial charge in [0.2, 0.25) is 0 Å². The second-order valence-electron chi connectivity index (χ2n) is 10.9. The Morgan fingerprint density at radius 2 is 1.04 bits per heavy atom. The molecule has 2 heteroatoms. The topological polar surface area (TPSA) is 34.1 Å². The Morgan fingerprint density at radius 3 is 1.32 bits per heavy atom. The van der Waals surface area contributed by atoms with Crippen LogP contribution in [0.1, 0.15) is 125 Å². The Hall–Kier alpha value is -0.660. The van der Waals surface area contributed by atoms with Gasteiger partial charge in [0, 0.05) is 12.8 Å². The molecule has 0 amide bonds. The van der Waals surface area contributed by atoms with Gasteiger partial charge in [0.15, 0.2) is 0 Å². The maximum atomic E-state index is 11.4. The number of Topliss-reactive ketones (excluding diaryl/α,β-unsaturated/α-hetero) is 2. The highest BCUT2D eigenvalue weighted by Crippen LogP contribution is 2.57. The highest BCUT2D eigenvalue weighted by molar-refractivity contribution is 5.76. The van der Waals surface area contributed by atoms with Crippen molar-refractivity contribution in [3.05, 3.63) is 0 Å². The molecule has 2 fully saturated rings. The van der Waals surface area contributed by atoms with E-state index in [0.29, 0.717) is 34.2 Å². The normalized spacial score (nSPS) is 22.3. The molecule has 0 aromatic carbocycles. The van der Waals surface area contributed by atoms with Crippen molar-refractivity contribution in [3.63, 3.8) is 0 Å². The summed E-state index contributed by atoms with van der Waals surface area (Å²) in [7, 11) is 0. The van der Waals surface area contributed by atoms with Gasteiger partial charge in [-0.05, 0) is 81.0 Å². The average molecular weight is 391 g/mol. The van der Waals surface area contributed by atoms with Crippen LogP contribution < -0.4 is 0 Å². The summed E-state index contributed by atoms with van der Waals surface area (Å²) in [6.45, 7) is 10.5. The smallest absolute Gasteiger partial charge is 0.130 e. The van der Waals surface area contributed by atoms with Gasteiger partial charge in [0.25, 0.3) is 0 Å². The minimum Gasteiger partial charge on any atom is -0.300 e. The number of carbonyl (C=O) groups is 2. The largest absolute Gasteiger partial charge is 0.300 e. The first kappa shape index (κ1) is 23.6. The second-order valence-corrected chi connectivity index (χ2v) is 10.9. The van der Waals surface area contributed by atoms with Crippen molar-refractivity contribution >= 4 is 11.6 Å². The van der Waals surface area contributed by atoms with Gasteiger partial charge in [-0.15, -0.1) is 0 Å². The van der Waals surface area contributed by atoms with E-state index in [9.17, 15) is 9.59 Å². The minimum atomic E-state index is 0.357. The SMILES string of the molecule is CC(=O)CC(C)C1(CCCCC(C)CCCCC2(C(C)CC(C)=O)CC2)CC1. The summed E-state index contributed by atoms with van der Waals surface area (Å²) in [6, 6.07) is 0. The fraction of sp³-hybridized carbons (Fsp3) is 0.923. The van der Waals surface area contributed by atoms with E-state index in [4.69, 9.17) is 0 Å². The van der Waals surface area contributed by atoms with Crippen LogP contribution in [0.25, 0.3) is 0 Å². The molecule has 2 nitrogen and oxygen atoms in total. The Morgan fingerprint density at radius 1 is 0.679 bits per heavy atom. The number of ketones is 2. The van der Waals surface area contributed by atoms with Gasteiger partial charge in [-0.25, -0.2) is 0 Å². The summed E-state index contributed by atoms with van der Waals surface area (Å²) in [4.78, 5) is 22.8. The average Bonchev–Trinajstić information content (AvgIpc) is 3.50. The lowest BCUT2D eigenvalue weighted by molar-refractivity contribution is -0.119. The predicted octanol–water partition coefficient (Wildman–Crippen LogP) is 7.53. The van der Waals surface area contributed by atoms with Crippen LogP contribution in [0.5, 0.6) is 0 Å². The summed E-state index contributed by atoms with van der Waals surface area (Å²) < 4.78 is 0. The first-order valence-corrected chi connectivity index (χ1v) is 12.2. The van der Waals surface area contributed by atoms with E-state index in [2.05, 4.69) is 20.8 Å². The third-order valence-electron chi connectivity index (χ3n) is 8.31. The maximum Gasteiger partial charge on any atom is 0.130 e. The van der Waals surface area contributed by atoms with Gasteiger partial charge in [-0.1, -0.05) is 59.3 Å². The Kier molecular flexibility index (Phi) is 8.77. The van der Waals surface area contributed by atoms with Crippen LogP contribution in [-0.4, -0.2) is 11.6 Å². The molecule has 0 N–H and O–H groups in total. The second kappa shape index (κ2) is 10.4. The molecule has 0 radical (unpaired) electrons. The van der Waals surface area contributed by atoms with Crippen LogP contribution in [0.2, 0.25) is 0 Å². The Labute approximate surface area is 174 Å². The quantitative estimate of drug-likeness (QED) is 0.255. The summed E-state index contributed by atoms with van der Waals surface area (Å²) in [5.41, 5.74) is 1.04. The first-order chi connectivity index (χ1) is 13.2. The molecule has 0 aliphatic heterocycles. The van der Waals surface area contributed by atoms with Crippen molar-refractivity contribution in [2.24, 2.45) is 28.6 Å². The molecule has 162 valence electrons. The molecule has 28 heavy (non-hydrogen) atoms. The van der Waals surface area contributed by atoms with Crippen LogP contribution in [0.3, 0.4) is 0 Å². The molecule has 2 unspecified atom stereocenters. The van der Waals surface area contributed by atoms with Gasteiger partial charge in [0.05, 0.1) is 0 Å². The van der Waals surface area contributed by atoms with Gasteiger partial charge in [-0.2, -0.15) is 0 Å². The van der Waals surface area contributed by atoms with E-state index in [1.54, 1.807) is 13.8 Å². The Bertz CT molecular complexity index is 467. The highest BCUT2D eigenvalue weighted by atomic mass is 16.1. The standard InChI is InChI=1S/C26H46O2/c1-20(10-6-8-12-25(14-15-25)21(2)18-23(4)27)11-7-9-13-26(16-17-26)22(3)19-24(5)28/h20-22H,6-19H2,1-5H3. The predicted molar refractivity (Wildman–Crippen MR) is 118 cm³/mol. The minimum absolute atomic E-state index is 0.357. The molecule has 0 spiro atoms. The van der Waals surface area contributed by atoms with E-state index in [0.717, 1.165) is 18.8 Å². The third kappa shape index (κ3) is 7.30. The van der Waals surface area contributed by atoms with Gasteiger partial charge in [-0.3, -0.25) is 0 Å². The number of rotatable bonds is 16. The zero-order chi connectivity index (χ0) is 20.8. The highest BCUT2D eigenvalue weighted by Gasteiger charge is 2.47. The van der Waals surface area contributed by atoms with Crippen LogP contribution >= 0.6 is 0 Å². The zero-order valence-corrected chi connectivity index (χ0v) is 19.4. The van der Waals surface area contributed by atoms with Crippen LogP contribution in [-0.2, 0) is 9.59 Å². The van der Waals surface area contributed by atoms with Crippen molar-refractivity contribution < 1.29 is 9.59 Å². The maximum absolute atomic E-state index is 11.4. The van der Waals surface area contributed by atoms with Crippen LogP contribution in [0.15, 0.2) is 0 Å². The van der Waals surface area contributed by atoms with E-state index < -0.39 is 0 Å². The van der Waals surface area contributed by atoms with Crippen molar-refractivity contribution in [3.8, 4) is 0 Å². The molecule has 2 rings (SSSR count). The summed E-state index contributed by atoms with van der Waals surface area (Å²) in [5, 5.41) is 0. The number of hydrogen-bond donors (Lipinski definition) is 0. The molecule has 0 bridgehead atoms. The van der Waals surface area contributed by atoms with Crippen molar-refractivity contribution in [2.45, 2.75) is 125 Å². The molecule has 2 aliphatic carbocycles. The van der Waals surface area contributed by atoms with E-state index in [-0.39, 0.29) is 0 Å². The fourth-order valence-electron chi connectivity index (χ4n) is 5.68. The Balaban J connectivity index is 1.52. The molecular formula is C26H46O2. The summed E-state index contributed by atoms with van der Waals surface area (Å²) in [5.74, 6) is 2.73. The zero-order valence-electron chi connectivity index (χ0n) is 19.4. The molecule has 2 atom stereocenters. The molecule has 0 aromatic heterocycles. The molecule has 0 saturated heterocycles.